The highest BCUT2D eigenvalue weighted by molar-refractivity contribution is 6.32. The van der Waals surface area contributed by atoms with E-state index in [2.05, 4.69) is 144 Å². The molecule has 0 saturated heterocycles. The van der Waals surface area contributed by atoms with Gasteiger partial charge in [0.15, 0.2) is 0 Å². The second-order valence-electron chi connectivity index (χ2n) is 13.8. The molecule has 1 aliphatic rings. The Bertz CT molecular complexity index is 3300. The highest BCUT2D eigenvalue weighted by atomic mass is 16.3. The Balaban J connectivity index is 1.05. The molecule has 0 saturated carbocycles. The highest BCUT2D eigenvalue weighted by Crippen LogP contribution is 2.46. The molecule has 4 nitrogen and oxygen atoms in total. The molecule has 4 heteroatoms. The van der Waals surface area contributed by atoms with Gasteiger partial charge in [-0.25, -0.2) is 4.98 Å². The van der Waals surface area contributed by atoms with Gasteiger partial charge in [-0.05, 0) is 88.2 Å². The molecule has 7 aromatic carbocycles. The molecule has 51 heavy (non-hydrogen) atoms. The number of para-hydroxylation sites is 2. The van der Waals surface area contributed by atoms with E-state index >= 15 is 0 Å². The lowest BCUT2D eigenvalue weighted by Gasteiger charge is -2.13. The summed E-state index contributed by atoms with van der Waals surface area (Å²) >= 11 is 0. The highest BCUT2D eigenvalue weighted by Gasteiger charge is 2.22. The predicted octanol–water partition coefficient (Wildman–Crippen LogP) is 12.9. The molecule has 4 aromatic heterocycles. The van der Waals surface area contributed by atoms with E-state index in [1.807, 2.05) is 6.07 Å². The van der Waals surface area contributed by atoms with Crippen molar-refractivity contribution < 1.29 is 8.83 Å². The molecule has 12 rings (SSSR count). The van der Waals surface area contributed by atoms with E-state index in [1.54, 1.807) is 0 Å². The second-order valence-corrected chi connectivity index (χ2v) is 13.8. The third-order valence-electron chi connectivity index (χ3n) is 11.0. The van der Waals surface area contributed by atoms with Gasteiger partial charge in [0.05, 0.1) is 16.9 Å². The standard InChI is InChI=1S/C47H28N2O2/c1-2-10-31-28(9-1)22-24-41-43(31)45-42(50-41)26-35(46-44(45)34-12-4-8-16-40(34)51-46)29-19-17-27(18-20-29)30-21-23-33-36(25-30)32-11-3-6-14-38(32)49-39-15-7-5-13-37(39)48-47(33)49/h1-6,8-14,16-26H,7,15H2. The summed E-state index contributed by atoms with van der Waals surface area (Å²) in [5.41, 5.74) is 12.6. The van der Waals surface area contributed by atoms with E-state index in [0.717, 1.165) is 84.8 Å². The van der Waals surface area contributed by atoms with E-state index in [0.29, 0.717) is 0 Å². The molecule has 0 atom stereocenters. The Morgan fingerprint density at radius 3 is 2.24 bits per heavy atom. The summed E-state index contributed by atoms with van der Waals surface area (Å²) in [5.74, 6) is 0. The molecule has 0 fully saturated rings. The Kier molecular flexibility index (Phi) is 5.31. The molecule has 0 aliphatic heterocycles. The summed E-state index contributed by atoms with van der Waals surface area (Å²) < 4.78 is 15.7. The number of aromatic nitrogens is 2. The minimum atomic E-state index is 0.864. The molecule has 0 N–H and O–H groups in total. The normalized spacial score (nSPS) is 13.3. The third kappa shape index (κ3) is 3.71. The van der Waals surface area contributed by atoms with Crippen LogP contribution in [0.5, 0.6) is 0 Å². The zero-order chi connectivity index (χ0) is 33.2. The van der Waals surface area contributed by atoms with Crippen LogP contribution in [0.2, 0.25) is 0 Å². The molecule has 4 heterocycles. The molecule has 11 aromatic rings. The summed E-state index contributed by atoms with van der Waals surface area (Å²) in [5, 5.41) is 10.5. The lowest BCUT2D eigenvalue weighted by molar-refractivity contribution is 0.664. The Morgan fingerprint density at radius 2 is 1.31 bits per heavy atom. The maximum absolute atomic E-state index is 6.69. The molecule has 0 bridgehead atoms. The summed E-state index contributed by atoms with van der Waals surface area (Å²) in [6.07, 6.45) is 6.47. The van der Waals surface area contributed by atoms with Crippen molar-refractivity contribution in [3.8, 4) is 22.3 Å². The number of aryl methyl sites for hydroxylation is 1. The first kappa shape index (κ1) is 27.2. The van der Waals surface area contributed by atoms with E-state index in [1.165, 1.54) is 43.7 Å². The fraction of sp³-hybridized carbons (Fsp3) is 0.0426. The van der Waals surface area contributed by atoms with Gasteiger partial charge in [0.2, 0.25) is 0 Å². The molecule has 0 spiro atoms. The Labute approximate surface area is 291 Å². The minimum absolute atomic E-state index is 0.864. The van der Waals surface area contributed by atoms with Gasteiger partial charge >= 0.3 is 0 Å². The monoisotopic (exact) mass is 652 g/mol. The smallest absolute Gasteiger partial charge is 0.146 e. The maximum atomic E-state index is 6.69. The number of nitrogens with zero attached hydrogens (tertiary/aromatic N) is 2. The van der Waals surface area contributed by atoms with Crippen molar-refractivity contribution >= 4 is 88.0 Å². The van der Waals surface area contributed by atoms with Gasteiger partial charge in [-0.3, -0.25) is 4.40 Å². The number of imidazole rings is 1. The molecule has 0 unspecified atom stereocenters. The number of hydrogen-bond acceptors (Lipinski definition) is 3. The van der Waals surface area contributed by atoms with Crippen molar-refractivity contribution in [2.45, 2.75) is 12.8 Å². The number of benzene rings is 7. The van der Waals surface area contributed by atoms with Crippen LogP contribution in [0.3, 0.4) is 0 Å². The van der Waals surface area contributed by atoms with Crippen LogP contribution in [-0.2, 0) is 6.42 Å². The summed E-state index contributed by atoms with van der Waals surface area (Å²) in [7, 11) is 0. The van der Waals surface area contributed by atoms with Crippen LogP contribution in [-0.4, -0.2) is 9.38 Å². The van der Waals surface area contributed by atoms with Crippen LogP contribution in [0.4, 0.5) is 0 Å². The van der Waals surface area contributed by atoms with Gasteiger partial charge in [-0.2, -0.15) is 0 Å². The summed E-state index contributed by atoms with van der Waals surface area (Å²) in [4.78, 5) is 5.13. The fourth-order valence-corrected chi connectivity index (χ4v) is 8.71. The lowest BCUT2D eigenvalue weighted by Crippen LogP contribution is -1.99. The SMILES string of the molecule is C1=Cc2nc3c4ccc(-c5ccc(-c6cc7oc8ccc9ccccc9c8c7c7c6oc6ccccc67)cc5)cc4c4ccccc4n3c2CC1. The van der Waals surface area contributed by atoms with Crippen LogP contribution < -0.4 is 0 Å². The number of fused-ring (bicyclic) bond motifs is 17. The first-order chi connectivity index (χ1) is 25.3. The van der Waals surface area contributed by atoms with Crippen molar-refractivity contribution in [3.63, 3.8) is 0 Å². The van der Waals surface area contributed by atoms with E-state index < -0.39 is 0 Å². The fourth-order valence-electron chi connectivity index (χ4n) is 8.71. The average Bonchev–Trinajstić information content (AvgIpc) is 3.89. The maximum Gasteiger partial charge on any atom is 0.146 e. The van der Waals surface area contributed by atoms with Gasteiger partial charge in [0.1, 0.15) is 28.0 Å². The van der Waals surface area contributed by atoms with E-state index in [9.17, 15) is 0 Å². The van der Waals surface area contributed by atoms with Crippen LogP contribution >= 0.6 is 0 Å². The first-order valence-corrected chi connectivity index (χ1v) is 17.6. The first-order valence-electron chi connectivity index (χ1n) is 17.6. The van der Waals surface area contributed by atoms with Gasteiger partial charge < -0.3 is 8.83 Å². The van der Waals surface area contributed by atoms with Crippen LogP contribution in [0.25, 0.3) is 110 Å². The molecule has 0 radical (unpaired) electrons. The van der Waals surface area contributed by atoms with Crippen molar-refractivity contribution in [2.75, 3.05) is 0 Å². The minimum Gasteiger partial charge on any atom is -0.456 e. The molecule has 238 valence electrons. The lowest BCUT2D eigenvalue weighted by atomic mass is 9.94. The molecular weight excluding hydrogens is 625 g/mol. The van der Waals surface area contributed by atoms with Gasteiger partial charge in [0.25, 0.3) is 0 Å². The quantitative estimate of drug-likeness (QED) is 0.175. The Morgan fingerprint density at radius 1 is 0.529 bits per heavy atom. The molecule has 0 amide bonds. The van der Waals surface area contributed by atoms with Crippen LogP contribution in [0, 0.1) is 0 Å². The summed E-state index contributed by atoms with van der Waals surface area (Å²) in [6.45, 7) is 0. The van der Waals surface area contributed by atoms with Crippen LogP contribution in [0.1, 0.15) is 17.8 Å². The van der Waals surface area contributed by atoms with Crippen molar-refractivity contribution in [2.24, 2.45) is 0 Å². The van der Waals surface area contributed by atoms with E-state index in [-0.39, 0.29) is 0 Å². The predicted molar refractivity (Wildman–Crippen MR) is 210 cm³/mol. The molecular formula is C47H28N2O2. The zero-order valence-electron chi connectivity index (χ0n) is 27.5. The Hall–Kier alpha value is -6.65. The number of rotatable bonds is 2. The average molecular weight is 653 g/mol. The van der Waals surface area contributed by atoms with Crippen LogP contribution in [0.15, 0.2) is 148 Å². The van der Waals surface area contributed by atoms with E-state index in [4.69, 9.17) is 13.8 Å². The molecule has 1 aliphatic carbocycles. The number of hydrogen-bond donors (Lipinski definition) is 0. The topological polar surface area (TPSA) is 43.6 Å². The van der Waals surface area contributed by atoms with Crippen molar-refractivity contribution in [3.05, 3.63) is 151 Å². The van der Waals surface area contributed by atoms with Gasteiger partial charge in [-0.1, -0.05) is 103 Å². The largest absolute Gasteiger partial charge is 0.456 e. The third-order valence-corrected chi connectivity index (χ3v) is 11.0. The summed E-state index contributed by atoms with van der Waals surface area (Å²) in [6, 6.07) is 47.7. The van der Waals surface area contributed by atoms with Gasteiger partial charge in [0, 0.05) is 37.9 Å². The number of furan rings is 2. The zero-order valence-corrected chi connectivity index (χ0v) is 27.5. The number of allylic oxidation sites excluding steroid dienone is 1. The van der Waals surface area contributed by atoms with Gasteiger partial charge in [-0.15, -0.1) is 0 Å². The van der Waals surface area contributed by atoms with Crippen molar-refractivity contribution in [1.82, 2.24) is 9.38 Å². The second kappa shape index (κ2) is 9.96. The van der Waals surface area contributed by atoms with Crippen molar-refractivity contribution in [1.29, 1.82) is 0 Å². The number of pyridine rings is 1.